The molecule has 0 aromatic carbocycles. The van der Waals surface area contributed by atoms with E-state index in [-0.39, 0.29) is 0 Å². The summed E-state index contributed by atoms with van der Waals surface area (Å²) in [6, 6.07) is 2.18. The number of nitrogens with zero attached hydrogens (tertiary/aromatic N) is 2. The molecule has 0 saturated heterocycles. The quantitative estimate of drug-likeness (QED) is 0.608. The Morgan fingerprint density at radius 3 is 2.50 bits per heavy atom. The zero-order valence-corrected chi connectivity index (χ0v) is 8.51. The molecule has 2 heteroatoms. The molecule has 70 valence electrons. The number of hydrogen-bond donors (Lipinski definition) is 0. The van der Waals surface area contributed by atoms with Gasteiger partial charge in [0.2, 0.25) is 0 Å². The van der Waals surface area contributed by atoms with E-state index in [1.54, 1.807) is 0 Å². The van der Waals surface area contributed by atoms with Gasteiger partial charge < -0.3 is 4.90 Å². The third-order valence-corrected chi connectivity index (χ3v) is 2.25. The van der Waals surface area contributed by atoms with Gasteiger partial charge in [-0.2, -0.15) is 5.26 Å². The van der Waals surface area contributed by atoms with Crippen LogP contribution in [0.25, 0.3) is 0 Å². The zero-order chi connectivity index (χ0) is 9.40. The van der Waals surface area contributed by atoms with E-state index in [9.17, 15) is 0 Å². The van der Waals surface area contributed by atoms with Crippen LogP contribution in [-0.4, -0.2) is 24.5 Å². The van der Waals surface area contributed by atoms with Crippen LogP contribution in [0.5, 0.6) is 0 Å². The highest BCUT2D eigenvalue weighted by molar-refractivity contribution is 4.72. The highest BCUT2D eigenvalue weighted by atomic mass is 15.1. The van der Waals surface area contributed by atoms with E-state index in [0.717, 1.165) is 25.6 Å². The van der Waals surface area contributed by atoms with Crippen molar-refractivity contribution in [1.29, 1.82) is 5.26 Å². The van der Waals surface area contributed by atoms with Crippen molar-refractivity contribution in [1.82, 2.24) is 4.90 Å². The maximum atomic E-state index is 8.43. The molecule has 0 aliphatic rings. The van der Waals surface area contributed by atoms with Crippen molar-refractivity contribution in [2.75, 3.05) is 19.6 Å². The standard InChI is InChI=1S/C10H20N2/c1-4-10(3)9-12(5-2)8-6-7-11/h10H,4-6,8-9H2,1-3H3. The molecular formula is C10H20N2. The molecular weight excluding hydrogens is 148 g/mol. The van der Waals surface area contributed by atoms with Gasteiger partial charge in [-0.25, -0.2) is 0 Å². The van der Waals surface area contributed by atoms with E-state index in [0.29, 0.717) is 6.42 Å². The predicted molar refractivity (Wildman–Crippen MR) is 51.8 cm³/mol. The van der Waals surface area contributed by atoms with Crippen molar-refractivity contribution < 1.29 is 0 Å². The third kappa shape index (κ3) is 5.15. The first-order valence-electron chi connectivity index (χ1n) is 4.83. The first-order chi connectivity index (χ1) is 5.74. The van der Waals surface area contributed by atoms with Gasteiger partial charge in [-0.05, 0) is 12.5 Å². The molecule has 0 rings (SSSR count). The largest absolute Gasteiger partial charge is 0.302 e. The van der Waals surface area contributed by atoms with Gasteiger partial charge in [-0.1, -0.05) is 27.2 Å². The summed E-state index contributed by atoms with van der Waals surface area (Å²) in [5, 5.41) is 8.43. The molecule has 0 spiro atoms. The maximum Gasteiger partial charge on any atom is 0.0635 e. The minimum atomic E-state index is 0.657. The molecule has 0 amide bonds. The van der Waals surface area contributed by atoms with Crippen molar-refractivity contribution in [2.24, 2.45) is 5.92 Å². The fourth-order valence-electron chi connectivity index (χ4n) is 1.16. The summed E-state index contributed by atoms with van der Waals surface area (Å²) >= 11 is 0. The lowest BCUT2D eigenvalue weighted by Crippen LogP contribution is -2.29. The van der Waals surface area contributed by atoms with Crippen LogP contribution in [0, 0.1) is 17.2 Å². The fraction of sp³-hybridized carbons (Fsp3) is 0.900. The number of hydrogen-bond acceptors (Lipinski definition) is 2. The van der Waals surface area contributed by atoms with Crippen molar-refractivity contribution in [2.45, 2.75) is 33.6 Å². The van der Waals surface area contributed by atoms with Gasteiger partial charge in [0, 0.05) is 19.5 Å². The Morgan fingerprint density at radius 2 is 2.08 bits per heavy atom. The van der Waals surface area contributed by atoms with Crippen LogP contribution in [0.2, 0.25) is 0 Å². The molecule has 0 saturated carbocycles. The first-order valence-corrected chi connectivity index (χ1v) is 4.83. The molecule has 2 nitrogen and oxygen atoms in total. The molecule has 0 aliphatic carbocycles. The van der Waals surface area contributed by atoms with E-state index in [2.05, 4.69) is 31.7 Å². The van der Waals surface area contributed by atoms with Crippen LogP contribution in [-0.2, 0) is 0 Å². The Morgan fingerprint density at radius 1 is 1.42 bits per heavy atom. The Kier molecular flexibility index (Phi) is 6.79. The lowest BCUT2D eigenvalue weighted by molar-refractivity contribution is 0.251. The summed E-state index contributed by atoms with van der Waals surface area (Å²) in [4.78, 5) is 2.34. The highest BCUT2D eigenvalue weighted by Crippen LogP contribution is 2.04. The average Bonchev–Trinajstić information content (AvgIpc) is 2.11. The topological polar surface area (TPSA) is 27.0 Å². The van der Waals surface area contributed by atoms with Gasteiger partial charge in [0.15, 0.2) is 0 Å². The molecule has 0 N–H and O–H groups in total. The maximum absolute atomic E-state index is 8.43. The molecule has 12 heavy (non-hydrogen) atoms. The van der Waals surface area contributed by atoms with Crippen LogP contribution < -0.4 is 0 Å². The average molecular weight is 168 g/mol. The van der Waals surface area contributed by atoms with Gasteiger partial charge in [0.1, 0.15) is 0 Å². The van der Waals surface area contributed by atoms with Crippen LogP contribution in [0.1, 0.15) is 33.6 Å². The minimum Gasteiger partial charge on any atom is -0.302 e. The molecule has 0 heterocycles. The lowest BCUT2D eigenvalue weighted by Gasteiger charge is -2.22. The second kappa shape index (κ2) is 7.12. The summed E-state index contributed by atoms with van der Waals surface area (Å²) in [6.07, 6.45) is 1.88. The molecule has 0 bridgehead atoms. The Balaban J connectivity index is 3.60. The summed E-state index contributed by atoms with van der Waals surface area (Å²) < 4.78 is 0. The minimum absolute atomic E-state index is 0.657. The van der Waals surface area contributed by atoms with Crippen LogP contribution >= 0.6 is 0 Å². The smallest absolute Gasteiger partial charge is 0.0635 e. The Bertz CT molecular complexity index is 137. The van der Waals surface area contributed by atoms with Crippen LogP contribution in [0.15, 0.2) is 0 Å². The van der Waals surface area contributed by atoms with Crippen molar-refractivity contribution in [3.8, 4) is 6.07 Å². The summed E-state index contributed by atoms with van der Waals surface area (Å²) in [7, 11) is 0. The normalized spacial score (nSPS) is 12.9. The Labute approximate surface area is 76.2 Å². The van der Waals surface area contributed by atoms with E-state index in [1.807, 2.05) is 0 Å². The van der Waals surface area contributed by atoms with Gasteiger partial charge >= 0.3 is 0 Å². The summed E-state index contributed by atoms with van der Waals surface area (Å²) in [6.45, 7) is 9.75. The summed E-state index contributed by atoms with van der Waals surface area (Å²) in [5.74, 6) is 0.753. The van der Waals surface area contributed by atoms with Crippen LogP contribution in [0.4, 0.5) is 0 Å². The Hall–Kier alpha value is -0.550. The fourth-order valence-corrected chi connectivity index (χ4v) is 1.16. The molecule has 0 aliphatic heterocycles. The lowest BCUT2D eigenvalue weighted by atomic mass is 10.1. The van der Waals surface area contributed by atoms with Crippen molar-refractivity contribution >= 4 is 0 Å². The zero-order valence-electron chi connectivity index (χ0n) is 8.51. The predicted octanol–water partition coefficient (Wildman–Crippen LogP) is 2.27. The van der Waals surface area contributed by atoms with Crippen LogP contribution in [0.3, 0.4) is 0 Å². The molecule has 0 aromatic heterocycles. The second-order valence-electron chi connectivity index (χ2n) is 3.31. The third-order valence-electron chi connectivity index (χ3n) is 2.25. The molecule has 1 atom stereocenters. The molecule has 0 radical (unpaired) electrons. The molecule has 1 unspecified atom stereocenters. The van der Waals surface area contributed by atoms with Gasteiger partial charge in [-0.3, -0.25) is 0 Å². The second-order valence-corrected chi connectivity index (χ2v) is 3.31. The molecule has 0 fully saturated rings. The monoisotopic (exact) mass is 168 g/mol. The summed E-state index contributed by atoms with van der Waals surface area (Å²) in [5.41, 5.74) is 0. The van der Waals surface area contributed by atoms with E-state index >= 15 is 0 Å². The van der Waals surface area contributed by atoms with Gasteiger partial charge in [0.25, 0.3) is 0 Å². The van der Waals surface area contributed by atoms with E-state index < -0.39 is 0 Å². The van der Waals surface area contributed by atoms with E-state index in [4.69, 9.17) is 5.26 Å². The number of rotatable bonds is 6. The van der Waals surface area contributed by atoms with Gasteiger partial charge in [0.05, 0.1) is 6.07 Å². The van der Waals surface area contributed by atoms with E-state index in [1.165, 1.54) is 6.42 Å². The highest BCUT2D eigenvalue weighted by Gasteiger charge is 2.05. The van der Waals surface area contributed by atoms with Gasteiger partial charge in [-0.15, -0.1) is 0 Å². The van der Waals surface area contributed by atoms with Crippen molar-refractivity contribution in [3.05, 3.63) is 0 Å². The first kappa shape index (κ1) is 11.4. The van der Waals surface area contributed by atoms with Crippen molar-refractivity contribution in [3.63, 3.8) is 0 Å². The number of nitriles is 1. The SMILES string of the molecule is CCC(C)CN(CC)CCC#N. The molecule has 0 aromatic rings.